The van der Waals surface area contributed by atoms with Gasteiger partial charge in [-0.3, -0.25) is 0 Å². The van der Waals surface area contributed by atoms with Crippen molar-refractivity contribution in [3.63, 3.8) is 0 Å². The average molecular weight is 265 g/mol. The van der Waals surface area contributed by atoms with Gasteiger partial charge in [0.2, 0.25) is 0 Å². The molecule has 0 saturated heterocycles. The monoisotopic (exact) mass is 265 g/mol. The van der Waals surface area contributed by atoms with E-state index in [1.807, 2.05) is 41.2 Å². The Balaban J connectivity index is 1.95. The van der Waals surface area contributed by atoms with Gasteiger partial charge in [-0.25, -0.2) is 9.67 Å². The van der Waals surface area contributed by atoms with Gasteiger partial charge in [0.25, 0.3) is 0 Å². The van der Waals surface area contributed by atoms with Crippen LogP contribution < -0.4 is 0 Å². The molecule has 0 aliphatic rings. The van der Waals surface area contributed by atoms with Crippen molar-refractivity contribution in [1.82, 2.24) is 24.5 Å². The summed E-state index contributed by atoms with van der Waals surface area (Å²) >= 11 is 0. The first-order chi connectivity index (χ1) is 9.93. The van der Waals surface area contributed by atoms with Crippen LogP contribution in [0.1, 0.15) is 11.7 Å². The SMILES string of the molecule is c1ccc2c(C(n3ccnc3)n3ccnn3)coc2c1. The maximum Gasteiger partial charge on any atom is 0.158 e. The fourth-order valence-corrected chi connectivity index (χ4v) is 2.40. The minimum absolute atomic E-state index is 0.163. The molecule has 1 atom stereocenters. The van der Waals surface area contributed by atoms with Gasteiger partial charge in [0.1, 0.15) is 5.58 Å². The zero-order valence-corrected chi connectivity index (χ0v) is 10.5. The molecule has 20 heavy (non-hydrogen) atoms. The number of nitrogens with zero attached hydrogens (tertiary/aromatic N) is 5. The van der Waals surface area contributed by atoms with Crippen molar-refractivity contribution in [1.29, 1.82) is 0 Å². The molecule has 6 nitrogen and oxygen atoms in total. The van der Waals surface area contributed by atoms with Crippen LogP contribution in [0.2, 0.25) is 0 Å². The third kappa shape index (κ3) is 1.62. The molecule has 0 radical (unpaired) electrons. The summed E-state index contributed by atoms with van der Waals surface area (Å²) in [5, 5.41) is 9.06. The number of rotatable bonds is 3. The quantitative estimate of drug-likeness (QED) is 0.570. The first-order valence-corrected chi connectivity index (χ1v) is 6.23. The van der Waals surface area contributed by atoms with Crippen molar-refractivity contribution in [2.45, 2.75) is 6.17 Å². The van der Waals surface area contributed by atoms with E-state index in [0.717, 1.165) is 16.5 Å². The van der Waals surface area contributed by atoms with Gasteiger partial charge < -0.3 is 8.98 Å². The molecule has 0 aliphatic heterocycles. The molecule has 4 rings (SSSR count). The average Bonchev–Trinajstić information content (AvgIpc) is 3.22. The standard InChI is InChI=1S/C14H11N5O/c1-2-4-13-11(3-1)12(9-20-13)14(18-7-5-15-10-18)19-8-6-16-17-19/h1-10,14H. The number of benzene rings is 1. The first-order valence-electron chi connectivity index (χ1n) is 6.23. The second-order valence-electron chi connectivity index (χ2n) is 4.45. The van der Waals surface area contributed by atoms with E-state index in [0.29, 0.717) is 0 Å². The summed E-state index contributed by atoms with van der Waals surface area (Å²) < 4.78 is 9.37. The number of imidazole rings is 1. The number of furan rings is 1. The third-order valence-electron chi connectivity index (χ3n) is 3.29. The number of hydrogen-bond donors (Lipinski definition) is 0. The van der Waals surface area contributed by atoms with E-state index in [9.17, 15) is 0 Å². The van der Waals surface area contributed by atoms with E-state index in [4.69, 9.17) is 4.42 Å². The molecule has 0 saturated carbocycles. The van der Waals surface area contributed by atoms with Crippen LogP contribution in [0, 0.1) is 0 Å². The zero-order valence-electron chi connectivity index (χ0n) is 10.5. The number of hydrogen-bond acceptors (Lipinski definition) is 4. The maximum atomic E-state index is 5.63. The Labute approximate surface area is 114 Å². The molecule has 0 amide bonds. The number of fused-ring (bicyclic) bond motifs is 1. The maximum absolute atomic E-state index is 5.63. The van der Waals surface area contributed by atoms with Gasteiger partial charge in [0.05, 0.1) is 18.8 Å². The topological polar surface area (TPSA) is 61.7 Å². The van der Waals surface area contributed by atoms with Crippen molar-refractivity contribution in [3.05, 3.63) is 67.2 Å². The Kier molecular flexibility index (Phi) is 2.38. The van der Waals surface area contributed by atoms with E-state index in [1.54, 1.807) is 29.7 Å². The Morgan fingerprint density at radius 1 is 1.10 bits per heavy atom. The summed E-state index contributed by atoms with van der Waals surface area (Å²) in [6, 6.07) is 7.94. The lowest BCUT2D eigenvalue weighted by Crippen LogP contribution is -2.18. The number of para-hydroxylation sites is 1. The minimum Gasteiger partial charge on any atom is -0.464 e. The lowest BCUT2D eigenvalue weighted by atomic mass is 10.1. The molecule has 0 aliphatic carbocycles. The largest absolute Gasteiger partial charge is 0.464 e. The van der Waals surface area contributed by atoms with Crippen molar-refractivity contribution >= 4 is 11.0 Å². The van der Waals surface area contributed by atoms with Crippen molar-refractivity contribution < 1.29 is 4.42 Å². The van der Waals surface area contributed by atoms with E-state index < -0.39 is 0 Å². The normalized spacial score (nSPS) is 12.8. The molecule has 0 N–H and O–H groups in total. The molecule has 0 spiro atoms. The predicted octanol–water partition coefficient (Wildman–Crippen LogP) is 2.32. The summed E-state index contributed by atoms with van der Waals surface area (Å²) in [6.07, 6.45) is 10.5. The highest BCUT2D eigenvalue weighted by Gasteiger charge is 2.20. The highest BCUT2D eigenvalue weighted by atomic mass is 16.3. The summed E-state index contributed by atoms with van der Waals surface area (Å²) in [5.41, 5.74) is 1.87. The molecular formula is C14H11N5O. The summed E-state index contributed by atoms with van der Waals surface area (Å²) in [6.45, 7) is 0. The zero-order chi connectivity index (χ0) is 13.4. The van der Waals surface area contributed by atoms with Gasteiger partial charge in [-0.1, -0.05) is 23.4 Å². The third-order valence-corrected chi connectivity index (χ3v) is 3.29. The fourth-order valence-electron chi connectivity index (χ4n) is 2.40. The molecule has 6 heteroatoms. The lowest BCUT2D eigenvalue weighted by Gasteiger charge is -2.17. The Hall–Kier alpha value is -2.89. The van der Waals surface area contributed by atoms with E-state index in [1.165, 1.54) is 0 Å². The van der Waals surface area contributed by atoms with E-state index in [-0.39, 0.29) is 6.17 Å². The fraction of sp³-hybridized carbons (Fsp3) is 0.0714. The van der Waals surface area contributed by atoms with E-state index in [2.05, 4.69) is 15.3 Å². The van der Waals surface area contributed by atoms with Crippen LogP contribution in [0.15, 0.2) is 66.1 Å². The molecular weight excluding hydrogens is 254 g/mol. The van der Waals surface area contributed by atoms with Crippen LogP contribution in [0.4, 0.5) is 0 Å². The Morgan fingerprint density at radius 2 is 2.05 bits per heavy atom. The summed E-state index contributed by atoms with van der Waals surface area (Å²) in [5.74, 6) is 0. The van der Waals surface area contributed by atoms with Gasteiger partial charge >= 0.3 is 0 Å². The van der Waals surface area contributed by atoms with Crippen LogP contribution in [-0.2, 0) is 0 Å². The molecule has 1 aromatic carbocycles. The molecule has 0 bridgehead atoms. The molecule has 3 aromatic heterocycles. The van der Waals surface area contributed by atoms with Crippen molar-refractivity contribution in [2.75, 3.05) is 0 Å². The van der Waals surface area contributed by atoms with Gasteiger partial charge in [-0.2, -0.15) is 0 Å². The van der Waals surface area contributed by atoms with Crippen molar-refractivity contribution in [2.24, 2.45) is 0 Å². The Morgan fingerprint density at radius 3 is 2.85 bits per heavy atom. The minimum atomic E-state index is -0.163. The second kappa shape index (κ2) is 4.34. The van der Waals surface area contributed by atoms with Gasteiger partial charge in [0.15, 0.2) is 6.17 Å². The van der Waals surface area contributed by atoms with Crippen LogP contribution in [0.3, 0.4) is 0 Å². The molecule has 1 unspecified atom stereocenters. The van der Waals surface area contributed by atoms with Crippen molar-refractivity contribution in [3.8, 4) is 0 Å². The molecule has 4 aromatic rings. The summed E-state index contributed by atoms with van der Waals surface area (Å²) in [7, 11) is 0. The second-order valence-corrected chi connectivity index (χ2v) is 4.45. The predicted molar refractivity (Wildman–Crippen MR) is 72.0 cm³/mol. The van der Waals surface area contributed by atoms with Gasteiger partial charge in [-0.15, -0.1) is 5.10 Å². The molecule has 98 valence electrons. The van der Waals surface area contributed by atoms with Gasteiger partial charge in [-0.05, 0) is 6.07 Å². The van der Waals surface area contributed by atoms with Crippen LogP contribution in [0.25, 0.3) is 11.0 Å². The molecule has 0 fully saturated rings. The highest BCUT2D eigenvalue weighted by molar-refractivity contribution is 5.81. The smallest absolute Gasteiger partial charge is 0.158 e. The van der Waals surface area contributed by atoms with Crippen LogP contribution >= 0.6 is 0 Å². The number of aromatic nitrogens is 5. The lowest BCUT2D eigenvalue weighted by molar-refractivity contribution is 0.441. The van der Waals surface area contributed by atoms with Crippen LogP contribution in [-0.4, -0.2) is 24.5 Å². The Bertz CT molecular complexity index is 782. The van der Waals surface area contributed by atoms with Crippen LogP contribution in [0.5, 0.6) is 0 Å². The summed E-state index contributed by atoms with van der Waals surface area (Å²) in [4.78, 5) is 4.11. The highest BCUT2D eigenvalue weighted by Crippen LogP contribution is 2.29. The molecule has 3 heterocycles. The first kappa shape index (κ1) is 11.0. The van der Waals surface area contributed by atoms with Gasteiger partial charge in [0, 0.05) is 29.5 Å². The van der Waals surface area contributed by atoms with E-state index >= 15 is 0 Å².